The van der Waals surface area contributed by atoms with Crippen LogP contribution in [0.2, 0.25) is 0 Å². The first-order valence-corrected chi connectivity index (χ1v) is 6.55. The highest BCUT2D eigenvalue weighted by Gasteiger charge is 2.10. The lowest BCUT2D eigenvalue weighted by Crippen LogP contribution is -2.22. The Morgan fingerprint density at radius 1 is 1.17 bits per heavy atom. The first kappa shape index (κ1) is 12.9. The minimum atomic E-state index is -0.269. The predicted octanol–water partition coefficient (Wildman–Crippen LogP) is 2.93. The number of hydrogen-bond acceptors (Lipinski definition) is 2. The van der Waals surface area contributed by atoms with Gasteiger partial charge >= 0.3 is 0 Å². The zero-order valence-electron chi connectivity index (χ0n) is 9.56. The molecule has 0 atom stereocenters. The molecule has 0 aliphatic carbocycles. The summed E-state index contributed by atoms with van der Waals surface area (Å²) in [7, 11) is 0. The molecule has 0 unspecified atom stereocenters. The molecule has 18 heavy (non-hydrogen) atoms. The van der Waals surface area contributed by atoms with Crippen LogP contribution in [-0.2, 0) is 6.54 Å². The number of phenols is 1. The average molecular weight is 353 g/mol. The second-order valence-corrected chi connectivity index (χ2v) is 5.08. The van der Waals surface area contributed by atoms with Crippen LogP contribution in [0, 0.1) is 3.57 Å². The Hall–Kier alpha value is -1.56. The number of rotatable bonds is 3. The van der Waals surface area contributed by atoms with Gasteiger partial charge in [-0.05, 0) is 46.4 Å². The SMILES string of the molecule is O=C(NCc1ccccc1)c1cc(I)ccc1O. The van der Waals surface area contributed by atoms with Gasteiger partial charge in [0.1, 0.15) is 5.75 Å². The van der Waals surface area contributed by atoms with Gasteiger partial charge in [-0.2, -0.15) is 0 Å². The zero-order valence-corrected chi connectivity index (χ0v) is 11.7. The second kappa shape index (κ2) is 5.86. The molecule has 2 N–H and O–H groups in total. The maximum absolute atomic E-state index is 11.9. The summed E-state index contributed by atoms with van der Waals surface area (Å²) in [5.74, 6) is -0.268. The Bertz CT molecular complexity index is 555. The van der Waals surface area contributed by atoms with E-state index in [0.29, 0.717) is 12.1 Å². The molecule has 0 radical (unpaired) electrons. The molecule has 1 amide bonds. The molecule has 0 aromatic heterocycles. The summed E-state index contributed by atoms with van der Waals surface area (Å²) < 4.78 is 0.912. The number of carbonyl (C=O) groups is 1. The zero-order chi connectivity index (χ0) is 13.0. The largest absolute Gasteiger partial charge is 0.507 e. The molecule has 92 valence electrons. The van der Waals surface area contributed by atoms with Gasteiger partial charge in [-0.3, -0.25) is 4.79 Å². The van der Waals surface area contributed by atoms with Gasteiger partial charge in [0.15, 0.2) is 0 Å². The first-order chi connectivity index (χ1) is 8.66. The minimum Gasteiger partial charge on any atom is -0.507 e. The maximum Gasteiger partial charge on any atom is 0.255 e. The average Bonchev–Trinajstić information content (AvgIpc) is 2.40. The van der Waals surface area contributed by atoms with E-state index in [1.165, 1.54) is 6.07 Å². The quantitative estimate of drug-likeness (QED) is 0.834. The molecule has 0 saturated heterocycles. The molecule has 0 heterocycles. The highest BCUT2D eigenvalue weighted by atomic mass is 127. The Labute approximate surface area is 119 Å². The number of hydrogen-bond donors (Lipinski definition) is 2. The summed E-state index contributed by atoms with van der Waals surface area (Å²) >= 11 is 2.10. The van der Waals surface area contributed by atoms with Crippen molar-refractivity contribution >= 4 is 28.5 Å². The maximum atomic E-state index is 11.9. The van der Waals surface area contributed by atoms with Crippen LogP contribution in [-0.4, -0.2) is 11.0 Å². The van der Waals surface area contributed by atoms with E-state index in [1.807, 2.05) is 30.3 Å². The van der Waals surface area contributed by atoms with E-state index >= 15 is 0 Å². The number of carbonyl (C=O) groups excluding carboxylic acids is 1. The van der Waals surface area contributed by atoms with Crippen molar-refractivity contribution in [2.24, 2.45) is 0 Å². The number of phenolic OH excluding ortho intramolecular Hbond substituents is 1. The molecule has 4 heteroatoms. The van der Waals surface area contributed by atoms with Crippen molar-refractivity contribution in [3.63, 3.8) is 0 Å². The Kier molecular flexibility index (Phi) is 4.19. The Morgan fingerprint density at radius 2 is 1.89 bits per heavy atom. The van der Waals surface area contributed by atoms with Gasteiger partial charge in [-0.1, -0.05) is 30.3 Å². The van der Waals surface area contributed by atoms with Crippen LogP contribution in [0.5, 0.6) is 5.75 Å². The third kappa shape index (κ3) is 3.22. The van der Waals surface area contributed by atoms with Crippen LogP contribution in [0.15, 0.2) is 48.5 Å². The molecule has 0 aliphatic rings. The van der Waals surface area contributed by atoms with Crippen LogP contribution in [0.4, 0.5) is 0 Å². The lowest BCUT2D eigenvalue weighted by molar-refractivity contribution is 0.0948. The molecule has 0 saturated carbocycles. The van der Waals surface area contributed by atoms with E-state index in [4.69, 9.17) is 0 Å². The summed E-state index contributed by atoms with van der Waals surface area (Å²) in [6, 6.07) is 14.6. The lowest BCUT2D eigenvalue weighted by atomic mass is 10.1. The van der Waals surface area contributed by atoms with Crippen LogP contribution in [0.25, 0.3) is 0 Å². The summed E-state index contributed by atoms with van der Waals surface area (Å²) in [4.78, 5) is 11.9. The highest BCUT2D eigenvalue weighted by Crippen LogP contribution is 2.19. The Morgan fingerprint density at radius 3 is 2.61 bits per heavy atom. The van der Waals surface area contributed by atoms with Gasteiger partial charge in [0.25, 0.3) is 5.91 Å². The van der Waals surface area contributed by atoms with Crippen molar-refractivity contribution in [1.82, 2.24) is 5.32 Å². The van der Waals surface area contributed by atoms with Crippen LogP contribution in [0.1, 0.15) is 15.9 Å². The minimum absolute atomic E-state index is 0.000905. The molecular weight excluding hydrogens is 341 g/mol. The van der Waals surface area contributed by atoms with Crippen LogP contribution < -0.4 is 5.32 Å². The van der Waals surface area contributed by atoms with Crippen LogP contribution >= 0.6 is 22.6 Å². The van der Waals surface area contributed by atoms with Crippen molar-refractivity contribution in [1.29, 1.82) is 0 Å². The van der Waals surface area contributed by atoms with E-state index < -0.39 is 0 Å². The van der Waals surface area contributed by atoms with E-state index in [0.717, 1.165) is 9.13 Å². The monoisotopic (exact) mass is 353 g/mol. The van der Waals surface area contributed by atoms with Gasteiger partial charge in [-0.25, -0.2) is 0 Å². The van der Waals surface area contributed by atoms with Gasteiger partial charge in [0.2, 0.25) is 0 Å². The summed E-state index contributed by atoms with van der Waals surface area (Å²) in [6.07, 6.45) is 0. The normalized spacial score (nSPS) is 10.1. The van der Waals surface area contributed by atoms with E-state index in [2.05, 4.69) is 27.9 Å². The fourth-order valence-electron chi connectivity index (χ4n) is 1.56. The fraction of sp³-hybridized carbons (Fsp3) is 0.0714. The number of aromatic hydroxyl groups is 1. The third-order valence-corrected chi connectivity index (χ3v) is 3.17. The van der Waals surface area contributed by atoms with Crippen molar-refractivity contribution in [2.75, 3.05) is 0 Å². The molecule has 0 aliphatic heterocycles. The molecule has 0 spiro atoms. The van der Waals surface area contributed by atoms with Crippen molar-refractivity contribution in [3.05, 3.63) is 63.2 Å². The van der Waals surface area contributed by atoms with Crippen molar-refractivity contribution in [3.8, 4) is 5.75 Å². The number of halogens is 1. The van der Waals surface area contributed by atoms with Gasteiger partial charge < -0.3 is 10.4 Å². The lowest BCUT2D eigenvalue weighted by Gasteiger charge is -2.07. The highest BCUT2D eigenvalue weighted by molar-refractivity contribution is 14.1. The standard InChI is InChI=1S/C14H12INO2/c15-11-6-7-13(17)12(8-11)14(18)16-9-10-4-2-1-3-5-10/h1-8,17H,9H2,(H,16,18). The van der Waals surface area contributed by atoms with E-state index in [1.54, 1.807) is 12.1 Å². The summed E-state index contributed by atoms with van der Waals surface area (Å²) in [5, 5.41) is 12.4. The van der Waals surface area contributed by atoms with Gasteiger partial charge in [-0.15, -0.1) is 0 Å². The molecule has 0 fully saturated rings. The van der Waals surface area contributed by atoms with Gasteiger partial charge in [0, 0.05) is 10.1 Å². The molecular formula is C14H12INO2. The smallest absolute Gasteiger partial charge is 0.255 e. The molecule has 3 nitrogen and oxygen atoms in total. The van der Waals surface area contributed by atoms with E-state index in [9.17, 15) is 9.90 Å². The third-order valence-electron chi connectivity index (χ3n) is 2.50. The summed E-state index contributed by atoms with van der Waals surface area (Å²) in [5.41, 5.74) is 1.33. The second-order valence-electron chi connectivity index (χ2n) is 3.83. The van der Waals surface area contributed by atoms with Crippen molar-refractivity contribution < 1.29 is 9.90 Å². The summed E-state index contributed by atoms with van der Waals surface area (Å²) in [6.45, 7) is 0.449. The molecule has 2 aromatic carbocycles. The fourth-order valence-corrected chi connectivity index (χ4v) is 2.05. The topological polar surface area (TPSA) is 49.3 Å². The Balaban J connectivity index is 2.06. The van der Waals surface area contributed by atoms with Crippen LogP contribution in [0.3, 0.4) is 0 Å². The van der Waals surface area contributed by atoms with E-state index in [-0.39, 0.29) is 11.7 Å². The predicted molar refractivity (Wildman–Crippen MR) is 78.4 cm³/mol. The molecule has 0 bridgehead atoms. The molecule has 2 aromatic rings. The number of amides is 1. The van der Waals surface area contributed by atoms with Gasteiger partial charge in [0.05, 0.1) is 5.56 Å². The van der Waals surface area contributed by atoms with Crippen molar-refractivity contribution in [2.45, 2.75) is 6.54 Å². The number of benzene rings is 2. The molecule has 2 rings (SSSR count). The first-order valence-electron chi connectivity index (χ1n) is 5.47. The number of nitrogens with one attached hydrogen (secondary N) is 1.